The van der Waals surface area contributed by atoms with Crippen LogP contribution in [0.5, 0.6) is 0 Å². The molecule has 0 bridgehead atoms. The van der Waals surface area contributed by atoms with Gasteiger partial charge < -0.3 is 4.90 Å². The fraction of sp³-hybridized carbons (Fsp3) is 0.143. The van der Waals surface area contributed by atoms with Crippen molar-refractivity contribution in [1.29, 1.82) is 0 Å². The molecule has 2 aromatic carbocycles. The van der Waals surface area contributed by atoms with Crippen molar-refractivity contribution in [3.05, 3.63) is 53.1 Å². The fourth-order valence-corrected chi connectivity index (χ4v) is 1.93. The van der Waals surface area contributed by atoms with Crippen LogP contribution >= 0.6 is 0 Å². The highest BCUT2D eigenvalue weighted by Gasteiger charge is 2.28. The average Bonchev–Trinajstić information content (AvgIpc) is 2.44. The third kappa shape index (κ3) is 2.43. The first-order valence-corrected chi connectivity index (χ1v) is 5.74. The molecule has 0 N–H and O–H groups in total. The SMILES string of the molecule is CN(C)c1cc(F)ccc1-c1c(F)c(F)c(F)c(F)c1F. The van der Waals surface area contributed by atoms with Crippen LogP contribution < -0.4 is 4.90 Å². The first-order chi connectivity index (χ1) is 9.75. The van der Waals surface area contributed by atoms with Crippen LogP contribution in [-0.4, -0.2) is 14.1 Å². The van der Waals surface area contributed by atoms with Gasteiger partial charge in [0.2, 0.25) is 5.82 Å². The second-order valence-electron chi connectivity index (χ2n) is 4.50. The molecule has 0 heterocycles. The highest BCUT2D eigenvalue weighted by atomic mass is 19.2. The summed E-state index contributed by atoms with van der Waals surface area (Å²) in [5.41, 5.74) is -1.40. The topological polar surface area (TPSA) is 3.24 Å². The maximum atomic E-state index is 13.8. The quantitative estimate of drug-likeness (QED) is 0.455. The van der Waals surface area contributed by atoms with E-state index in [-0.39, 0.29) is 11.3 Å². The maximum absolute atomic E-state index is 13.8. The fourth-order valence-electron chi connectivity index (χ4n) is 1.93. The molecule has 0 fully saturated rings. The number of rotatable bonds is 2. The van der Waals surface area contributed by atoms with Gasteiger partial charge in [-0.05, 0) is 18.2 Å². The summed E-state index contributed by atoms with van der Waals surface area (Å²) in [5.74, 6) is -10.9. The predicted molar refractivity (Wildman–Crippen MR) is 66.0 cm³/mol. The van der Waals surface area contributed by atoms with Crippen molar-refractivity contribution >= 4 is 5.69 Å². The molecule has 0 aliphatic rings. The van der Waals surface area contributed by atoms with Gasteiger partial charge in [0.15, 0.2) is 23.3 Å². The van der Waals surface area contributed by atoms with Crippen molar-refractivity contribution in [1.82, 2.24) is 0 Å². The highest BCUT2D eigenvalue weighted by Crippen LogP contribution is 2.37. The van der Waals surface area contributed by atoms with Crippen LogP contribution in [0, 0.1) is 34.9 Å². The van der Waals surface area contributed by atoms with Crippen molar-refractivity contribution in [2.45, 2.75) is 0 Å². The molecule has 2 aromatic rings. The molecular formula is C14H9F6N. The molecule has 0 spiro atoms. The highest BCUT2D eigenvalue weighted by molar-refractivity contribution is 5.79. The number of halogens is 6. The van der Waals surface area contributed by atoms with Crippen molar-refractivity contribution < 1.29 is 26.3 Å². The van der Waals surface area contributed by atoms with E-state index in [0.717, 1.165) is 18.2 Å². The van der Waals surface area contributed by atoms with E-state index in [1.54, 1.807) is 0 Å². The zero-order valence-corrected chi connectivity index (χ0v) is 10.9. The van der Waals surface area contributed by atoms with Gasteiger partial charge in [-0.3, -0.25) is 0 Å². The van der Waals surface area contributed by atoms with Crippen LogP contribution in [0.2, 0.25) is 0 Å². The summed E-state index contributed by atoms with van der Waals surface area (Å²) in [7, 11) is 2.90. The molecule has 0 saturated carbocycles. The molecule has 0 saturated heterocycles. The molecule has 0 radical (unpaired) electrons. The van der Waals surface area contributed by atoms with E-state index in [9.17, 15) is 26.3 Å². The number of hydrogen-bond donors (Lipinski definition) is 0. The molecule has 0 aliphatic carbocycles. The maximum Gasteiger partial charge on any atom is 0.200 e. The van der Waals surface area contributed by atoms with Crippen molar-refractivity contribution in [3.8, 4) is 11.1 Å². The molecular weight excluding hydrogens is 296 g/mol. The lowest BCUT2D eigenvalue weighted by Gasteiger charge is -2.19. The third-order valence-electron chi connectivity index (χ3n) is 2.92. The van der Waals surface area contributed by atoms with Gasteiger partial charge in [-0.2, -0.15) is 0 Å². The van der Waals surface area contributed by atoms with Crippen molar-refractivity contribution in [2.24, 2.45) is 0 Å². The number of benzene rings is 2. The van der Waals surface area contributed by atoms with Crippen molar-refractivity contribution in [3.63, 3.8) is 0 Å². The summed E-state index contributed by atoms with van der Waals surface area (Å²) in [6, 6.07) is 2.77. The van der Waals surface area contributed by atoms with Gasteiger partial charge in [0.25, 0.3) is 0 Å². The summed E-state index contributed by atoms with van der Waals surface area (Å²) in [4.78, 5) is 1.30. The van der Waals surface area contributed by atoms with Crippen LogP contribution in [0.1, 0.15) is 0 Å². The molecule has 0 amide bonds. The molecule has 0 unspecified atom stereocenters. The second-order valence-corrected chi connectivity index (χ2v) is 4.50. The lowest BCUT2D eigenvalue weighted by Crippen LogP contribution is -2.12. The van der Waals surface area contributed by atoms with Crippen LogP contribution in [0.15, 0.2) is 18.2 Å². The summed E-state index contributed by atoms with van der Waals surface area (Å²) < 4.78 is 80.4. The lowest BCUT2D eigenvalue weighted by atomic mass is 10.0. The summed E-state index contributed by atoms with van der Waals surface area (Å²) in [6.45, 7) is 0. The normalized spacial score (nSPS) is 10.9. The molecule has 0 aromatic heterocycles. The van der Waals surface area contributed by atoms with E-state index >= 15 is 0 Å². The van der Waals surface area contributed by atoms with Crippen molar-refractivity contribution in [2.75, 3.05) is 19.0 Å². The molecule has 0 atom stereocenters. The zero-order valence-electron chi connectivity index (χ0n) is 10.9. The minimum Gasteiger partial charge on any atom is -0.377 e. The van der Waals surface area contributed by atoms with Gasteiger partial charge in [-0.15, -0.1) is 0 Å². The first-order valence-electron chi connectivity index (χ1n) is 5.74. The Morgan fingerprint density at radius 1 is 0.714 bits per heavy atom. The Kier molecular flexibility index (Phi) is 3.85. The van der Waals surface area contributed by atoms with E-state index < -0.39 is 40.5 Å². The van der Waals surface area contributed by atoms with E-state index in [0.29, 0.717) is 0 Å². The standard InChI is InChI=1S/C14H9F6N/c1-21(2)8-5-6(15)3-4-7(8)9-10(16)12(18)14(20)13(19)11(9)17/h3-5H,1-2H3. The Morgan fingerprint density at radius 3 is 1.67 bits per heavy atom. The van der Waals surface area contributed by atoms with Crippen LogP contribution in [0.3, 0.4) is 0 Å². The van der Waals surface area contributed by atoms with Crippen LogP contribution in [-0.2, 0) is 0 Å². The largest absolute Gasteiger partial charge is 0.377 e. The Labute approximate surface area is 116 Å². The van der Waals surface area contributed by atoms with E-state index in [2.05, 4.69) is 0 Å². The van der Waals surface area contributed by atoms with Gasteiger partial charge in [-0.25, -0.2) is 26.3 Å². The Hall–Kier alpha value is -2.18. The molecule has 1 nitrogen and oxygen atoms in total. The van der Waals surface area contributed by atoms with Gasteiger partial charge >= 0.3 is 0 Å². The molecule has 0 aliphatic heterocycles. The van der Waals surface area contributed by atoms with Crippen LogP contribution in [0.25, 0.3) is 11.1 Å². The minimum atomic E-state index is -2.23. The minimum absolute atomic E-state index is 0.0155. The summed E-state index contributed by atoms with van der Waals surface area (Å²) in [5, 5.41) is 0. The van der Waals surface area contributed by atoms with Gasteiger partial charge in [-0.1, -0.05) is 0 Å². The second kappa shape index (κ2) is 5.31. The monoisotopic (exact) mass is 305 g/mol. The summed E-state index contributed by atoms with van der Waals surface area (Å²) in [6.07, 6.45) is 0. The van der Waals surface area contributed by atoms with E-state index in [4.69, 9.17) is 0 Å². The Balaban J connectivity index is 2.86. The summed E-state index contributed by atoms with van der Waals surface area (Å²) >= 11 is 0. The third-order valence-corrected chi connectivity index (χ3v) is 2.92. The van der Waals surface area contributed by atoms with Gasteiger partial charge in [0.05, 0.1) is 5.56 Å². The molecule has 112 valence electrons. The molecule has 7 heteroatoms. The average molecular weight is 305 g/mol. The zero-order chi connectivity index (χ0) is 15.9. The number of nitrogens with zero attached hydrogens (tertiary/aromatic N) is 1. The van der Waals surface area contributed by atoms with Gasteiger partial charge in [0, 0.05) is 25.3 Å². The number of anilines is 1. The van der Waals surface area contributed by atoms with E-state index in [1.165, 1.54) is 19.0 Å². The number of hydrogen-bond acceptors (Lipinski definition) is 1. The van der Waals surface area contributed by atoms with E-state index in [1.807, 2.05) is 0 Å². The Morgan fingerprint density at radius 2 is 1.19 bits per heavy atom. The first kappa shape index (κ1) is 15.2. The lowest BCUT2D eigenvalue weighted by molar-refractivity contribution is 0.381. The molecule has 21 heavy (non-hydrogen) atoms. The molecule has 2 rings (SSSR count). The predicted octanol–water partition coefficient (Wildman–Crippen LogP) is 4.25. The smallest absolute Gasteiger partial charge is 0.200 e. The Bertz CT molecular complexity index is 682. The van der Waals surface area contributed by atoms with Gasteiger partial charge in [0.1, 0.15) is 5.82 Å². The van der Waals surface area contributed by atoms with Crippen LogP contribution in [0.4, 0.5) is 32.0 Å².